The summed E-state index contributed by atoms with van der Waals surface area (Å²) in [5.74, 6) is 0.670. The van der Waals surface area contributed by atoms with E-state index in [1.165, 1.54) is 66.8 Å². The number of fused-ring (bicyclic) bond motifs is 16. The molecular formula is C55H36N4. The van der Waals surface area contributed by atoms with Gasteiger partial charge in [0.05, 0.1) is 16.4 Å². The van der Waals surface area contributed by atoms with E-state index in [1.54, 1.807) is 0 Å². The molecule has 0 atom stereocenters. The Morgan fingerprint density at radius 2 is 0.898 bits per heavy atom. The number of aromatic nitrogens is 4. The molecule has 13 rings (SSSR count). The smallest absolute Gasteiger partial charge is 0.182 e. The van der Waals surface area contributed by atoms with E-state index in [2.05, 4.69) is 184 Å². The average molecular weight is 753 g/mol. The van der Waals surface area contributed by atoms with Gasteiger partial charge in [-0.05, 0) is 108 Å². The highest BCUT2D eigenvalue weighted by molar-refractivity contribution is 5.96. The van der Waals surface area contributed by atoms with Crippen molar-refractivity contribution in [2.24, 2.45) is 0 Å². The SMILES string of the molecule is CC1(C)c2ccccc2-c2ccc(-c3nc4ccccc4n4nc(-c5cccc(-c6ccc7c(c6)C6(c8ccccc8-c8ccccc86)c6ccccc6-7)c5)nc34)cc21. The zero-order valence-corrected chi connectivity index (χ0v) is 32.6. The van der Waals surface area contributed by atoms with Crippen molar-refractivity contribution in [1.29, 1.82) is 0 Å². The van der Waals surface area contributed by atoms with Crippen molar-refractivity contribution in [3.63, 3.8) is 0 Å². The minimum Gasteiger partial charge on any atom is -0.242 e. The summed E-state index contributed by atoms with van der Waals surface area (Å²) in [5, 5.41) is 5.22. The second-order valence-corrected chi connectivity index (χ2v) is 16.8. The molecule has 0 bridgehead atoms. The molecule has 276 valence electrons. The third kappa shape index (κ3) is 4.25. The molecule has 10 aromatic rings. The Bertz CT molecular complexity index is 3380. The topological polar surface area (TPSA) is 43.1 Å². The second kappa shape index (κ2) is 11.6. The predicted octanol–water partition coefficient (Wildman–Crippen LogP) is 12.9. The van der Waals surface area contributed by atoms with Crippen LogP contribution in [0.4, 0.5) is 0 Å². The van der Waals surface area contributed by atoms with Gasteiger partial charge in [0.1, 0.15) is 5.69 Å². The Morgan fingerprint density at radius 3 is 1.59 bits per heavy atom. The largest absolute Gasteiger partial charge is 0.242 e. The fourth-order valence-corrected chi connectivity index (χ4v) is 10.8. The predicted molar refractivity (Wildman–Crippen MR) is 238 cm³/mol. The number of nitrogens with zero attached hydrogens (tertiary/aromatic N) is 4. The maximum atomic E-state index is 5.30. The Labute approximate surface area is 342 Å². The third-order valence-corrected chi connectivity index (χ3v) is 13.5. The summed E-state index contributed by atoms with van der Waals surface area (Å²) in [6.45, 7) is 4.64. The van der Waals surface area contributed by atoms with Gasteiger partial charge in [0.25, 0.3) is 0 Å². The summed E-state index contributed by atoms with van der Waals surface area (Å²) >= 11 is 0. The van der Waals surface area contributed by atoms with Crippen molar-refractivity contribution in [1.82, 2.24) is 19.6 Å². The number of hydrogen-bond donors (Lipinski definition) is 0. The van der Waals surface area contributed by atoms with Crippen molar-refractivity contribution < 1.29 is 0 Å². The first-order valence-corrected chi connectivity index (χ1v) is 20.4. The molecule has 0 N–H and O–H groups in total. The van der Waals surface area contributed by atoms with E-state index in [4.69, 9.17) is 15.1 Å². The molecule has 4 nitrogen and oxygen atoms in total. The van der Waals surface area contributed by atoms with E-state index in [0.717, 1.165) is 44.6 Å². The van der Waals surface area contributed by atoms with Gasteiger partial charge in [-0.2, -0.15) is 0 Å². The van der Waals surface area contributed by atoms with Gasteiger partial charge in [-0.25, -0.2) is 14.5 Å². The maximum Gasteiger partial charge on any atom is 0.182 e. The highest BCUT2D eigenvalue weighted by atomic mass is 15.3. The van der Waals surface area contributed by atoms with E-state index >= 15 is 0 Å². The first-order chi connectivity index (χ1) is 29.0. The zero-order chi connectivity index (χ0) is 39.0. The highest BCUT2D eigenvalue weighted by Crippen LogP contribution is 2.63. The van der Waals surface area contributed by atoms with E-state index < -0.39 is 5.41 Å². The molecule has 0 saturated heterocycles. The van der Waals surface area contributed by atoms with Crippen molar-refractivity contribution >= 4 is 16.7 Å². The van der Waals surface area contributed by atoms with Crippen LogP contribution in [-0.2, 0) is 10.8 Å². The van der Waals surface area contributed by atoms with Gasteiger partial charge < -0.3 is 0 Å². The molecule has 1 spiro atoms. The van der Waals surface area contributed by atoms with Crippen LogP contribution in [0.25, 0.3) is 83.8 Å². The van der Waals surface area contributed by atoms with Crippen LogP contribution in [0.2, 0.25) is 0 Å². The van der Waals surface area contributed by atoms with Crippen LogP contribution in [0.1, 0.15) is 47.2 Å². The molecule has 3 aliphatic carbocycles. The lowest BCUT2D eigenvalue weighted by atomic mass is 9.70. The summed E-state index contributed by atoms with van der Waals surface area (Å²) in [6.07, 6.45) is 0. The molecule has 2 heterocycles. The Morgan fingerprint density at radius 1 is 0.390 bits per heavy atom. The molecule has 0 saturated carbocycles. The number of para-hydroxylation sites is 2. The van der Waals surface area contributed by atoms with E-state index in [-0.39, 0.29) is 5.41 Å². The third-order valence-electron chi connectivity index (χ3n) is 13.5. The van der Waals surface area contributed by atoms with Crippen molar-refractivity contribution in [3.8, 4) is 67.2 Å². The number of rotatable bonds is 3. The minimum absolute atomic E-state index is 0.126. The summed E-state index contributed by atoms with van der Waals surface area (Å²) in [5.41, 5.74) is 23.0. The van der Waals surface area contributed by atoms with Gasteiger partial charge in [-0.15, -0.1) is 5.10 Å². The summed E-state index contributed by atoms with van der Waals surface area (Å²) in [7, 11) is 0. The van der Waals surface area contributed by atoms with Gasteiger partial charge in [-0.3, -0.25) is 0 Å². The molecule has 8 aromatic carbocycles. The maximum absolute atomic E-state index is 5.30. The lowest BCUT2D eigenvalue weighted by molar-refractivity contribution is 0.660. The first-order valence-electron chi connectivity index (χ1n) is 20.4. The number of benzene rings is 8. The molecule has 0 unspecified atom stereocenters. The molecule has 0 amide bonds. The van der Waals surface area contributed by atoms with Crippen LogP contribution in [0.15, 0.2) is 182 Å². The van der Waals surface area contributed by atoms with Crippen LogP contribution in [0.5, 0.6) is 0 Å². The summed E-state index contributed by atoms with van der Waals surface area (Å²) < 4.78 is 1.98. The van der Waals surface area contributed by atoms with E-state index in [9.17, 15) is 0 Å². The van der Waals surface area contributed by atoms with E-state index in [1.807, 2.05) is 16.6 Å². The average Bonchev–Trinajstić information content (AvgIpc) is 4.01. The lowest BCUT2D eigenvalue weighted by Gasteiger charge is -2.30. The minimum atomic E-state index is -0.393. The second-order valence-electron chi connectivity index (χ2n) is 16.8. The van der Waals surface area contributed by atoms with Crippen LogP contribution in [0.3, 0.4) is 0 Å². The Kier molecular flexibility index (Phi) is 6.41. The molecule has 3 aliphatic rings. The monoisotopic (exact) mass is 752 g/mol. The Hall–Kier alpha value is -7.43. The van der Waals surface area contributed by atoms with Gasteiger partial charge >= 0.3 is 0 Å². The summed E-state index contributed by atoms with van der Waals surface area (Å²) in [6, 6.07) is 66.4. The Balaban J connectivity index is 0.965. The van der Waals surface area contributed by atoms with Gasteiger partial charge in [0.2, 0.25) is 0 Å². The van der Waals surface area contributed by atoms with Crippen molar-refractivity contribution in [2.45, 2.75) is 24.7 Å². The number of hydrogen-bond acceptors (Lipinski definition) is 3. The van der Waals surface area contributed by atoms with Crippen molar-refractivity contribution in [2.75, 3.05) is 0 Å². The molecule has 0 fully saturated rings. The first kappa shape index (κ1) is 32.6. The molecule has 59 heavy (non-hydrogen) atoms. The standard InChI is InChI=1S/C55H36N4/c1-54(2)43-20-7-3-16-37(43)41-29-27-35(32-47(41)54)51-53-57-52(58-59(53)50-25-12-11-24-49(50)56-51)36-15-13-14-33(30-36)34-26-28-42-40-19-6-10-23-46(40)55(48(42)31-34)44-21-8-4-17-38(44)39-18-5-9-22-45(39)55/h3-32H,1-2H3. The molecule has 2 aromatic heterocycles. The van der Waals surface area contributed by atoms with Gasteiger partial charge in [-0.1, -0.05) is 166 Å². The van der Waals surface area contributed by atoms with Crippen molar-refractivity contribution in [3.05, 3.63) is 215 Å². The zero-order valence-electron chi connectivity index (χ0n) is 32.6. The van der Waals surface area contributed by atoms with Crippen LogP contribution >= 0.6 is 0 Å². The quantitative estimate of drug-likeness (QED) is 0.180. The highest BCUT2D eigenvalue weighted by Gasteiger charge is 2.51. The van der Waals surface area contributed by atoms with Crippen LogP contribution < -0.4 is 0 Å². The molecular weight excluding hydrogens is 717 g/mol. The summed E-state index contributed by atoms with van der Waals surface area (Å²) in [4.78, 5) is 10.6. The fraction of sp³-hybridized carbons (Fsp3) is 0.0727. The van der Waals surface area contributed by atoms with E-state index in [0.29, 0.717) is 5.82 Å². The van der Waals surface area contributed by atoms with Gasteiger partial charge in [0, 0.05) is 16.5 Å². The normalized spacial score (nSPS) is 14.5. The molecule has 0 radical (unpaired) electrons. The van der Waals surface area contributed by atoms with Crippen LogP contribution in [-0.4, -0.2) is 19.6 Å². The van der Waals surface area contributed by atoms with Crippen LogP contribution in [0, 0.1) is 0 Å². The van der Waals surface area contributed by atoms with Gasteiger partial charge in [0.15, 0.2) is 11.5 Å². The molecule has 4 heteroatoms. The lowest BCUT2D eigenvalue weighted by Crippen LogP contribution is -2.25. The molecule has 0 aliphatic heterocycles. The fourth-order valence-electron chi connectivity index (χ4n) is 10.8.